The molecule has 0 unspecified atom stereocenters. The van der Waals surface area contributed by atoms with Crippen LogP contribution in [0.5, 0.6) is 0 Å². The highest BCUT2D eigenvalue weighted by atomic mass is 35.5. The van der Waals surface area contributed by atoms with Crippen molar-refractivity contribution >= 4 is 40.0 Å². The molecule has 0 aromatic carbocycles. The van der Waals surface area contributed by atoms with E-state index in [0.29, 0.717) is 29.0 Å². The topological polar surface area (TPSA) is 83.1 Å². The molecular weight excluding hydrogens is 276 g/mol. The first kappa shape index (κ1) is 13.1. The fourth-order valence-electron chi connectivity index (χ4n) is 1.59. The number of amides is 3. The molecule has 6 nitrogen and oxygen atoms in total. The number of anilines is 1. The first-order valence-corrected chi connectivity index (χ1v) is 6.94. The summed E-state index contributed by atoms with van der Waals surface area (Å²) in [4.78, 5) is 28.0. The van der Waals surface area contributed by atoms with Crippen LogP contribution in [-0.4, -0.2) is 35.9 Å². The van der Waals surface area contributed by atoms with Gasteiger partial charge >= 0.3 is 6.03 Å². The molecule has 2 rings (SSSR count). The van der Waals surface area contributed by atoms with Gasteiger partial charge in [-0.15, -0.1) is 11.6 Å². The Kier molecular flexibility index (Phi) is 4.38. The lowest BCUT2D eigenvalue weighted by atomic mass is 10.2. The molecule has 2 heterocycles. The minimum absolute atomic E-state index is 0.116. The van der Waals surface area contributed by atoms with Crippen LogP contribution in [0.25, 0.3) is 0 Å². The second kappa shape index (κ2) is 6.01. The lowest BCUT2D eigenvalue weighted by molar-refractivity contribution is 0.0960. The van der Waals surface area contributed by atoms with Gasteiger partial charge in [0, 0.05) is 19.0 Å². The summed E-state index contributed by atoms with van der Waals surface area (Å²) in [6, 6.07) is -0.361. The third-order valence-electron chi connectivity index (χ3n) is 2.38. The highest BCUT2D eigenvalue weighted by molar-refractivity contribution is 7.17. The van der Waals surface area contributed by atoms with Gasteiger partial charge < -0.3 is 10.6 Å². The number of nitrogens with one attached hydrogen (secondary N) is 3. The van der Waals surface area contributed by atoms with Crippen LogP contribution in [0.1, 0.15) is 21.8 Å². The largest absolute Gasteiger partial charge is 0.351 e. The Morgan fingerprint density at radius 3 is 3.17 bits per heavy atom. The van der Waals surface area contributed by atoms with Crippen molar-refractivity contribution in [1.29, 1.82) is 0 Å². The number of aryl methyl sites for hydroxylation is 1. The van der Waals surface area contributed by atoms with Gasteiger partial charge in [0.1, 0.15) is 4.88 Å². The molecule has 0 fully saturated rings. The average Bonchev–Trinajstić information content (AvgIpc) is 2.67. The summed E-state index contributed by atoms with van der Waals surface area (Å²) >= 11 is 6.65. The van der Waals surface area contributed by atoms with E-state index in [0.717, 1.165) is 18.5 Å². The Bertz CT molecular complexity index is 463. The molecular formula is C10H13ClN4O2S. The van der Waals surface area contributed by atoms with E-state index in [1.165, 1.54) is 11.3 Å². The maximum Gasteiger partial charge on any atom is 0.321 e. The number of alkyl halides is 1. The Labute approximate surface area is 113 Å². The molecule has 1 aromatic heterocycles. The highest BCUT2D eigenvalue weighted by Crippen LogP contribution is 2.25. The molecule has 1 aliphatic heterocycles. The molecule has 0 spiro atoms. The molecule has 8 heteroatoms. The van der Waals surface area contributed by atoms with Gasteiger partial charge in [0.05, 0.1) is 5.69 Å². The van der Waals surface area contributed by atoms with Crippen LogP contribution in [0, 0.1) is 0 Å². The van der Waals surface area contributed by atoms with Crippen LogP contribution < -0.4 is 16.0 Å². The molecule has 98 valence electrons. The van der Waals surface area contributed by atoms with E-state index in [2.05, 4.69) is 20.9 Å². The van der Waals surface area contributed by atoms with E-state index in [-0.39, 0.29) is 11.9 Å². The van der Waals surface area contributed by atoms with Crippen molar-refractivity contribution in [3.8, 4) is 0 Å². The molecule has 1 aromatic rings. The van der Waals surface area contributed by atoms with Crippen molar-refractivity contribution in [2.45, 2.75) is 12.8 Å². The molecule has 0 saturated heterocycles. The van der Waals surface area contributed by atoms with Crippen molar-refractivity contribution in [3.05, 3.63) is 10.6 Å². The third kappa shape index (κ3) is 3.11. The summed E-state index contributed by atoms with van der Waals surface area (Å²) in [5, 5.41) is 8.38. The van der Waals surface area contributed by atoms with Crippen molar-refractivity contribution < 1.29 is 9.59 Å². The fourth-order valence-corrected chi connectivity index (χ4v) is 2.61. The maximum atomic E-state index is 11.7. The number of carbonyl (C=O) groups excluding carboxylic acids is 2. The Balaban J connectivity index is 2.05. The van der Waals surface area contributed by atoms with Crippen LogP contribution in [0.15, 0.2) is 0 Å². The minimum atomic E-state index is -0.361. The summed E-state index contributed by atoms with van der Waals surface area (Å²) < 4.78 is 0. The summed E-state index contributed by atoms with van der Waals surface area (Å²) in [6.45, 7) is 1.06. The third-order valence-corrected chi connectivity index (χ3v) is 3.58. The molecule has 3 amide bonds. The van der Waals surface area contributed by atoms with Crippen molar-refractivity contribution in [3.63, 3.8) is 0 Å². The van der Waals surface area contributed by atoms with Gasteiger partial charge in [0.2, 0.25) is 0 Å². The van der Waals surface area contributed by atoms with Gasteiger partial charge in [-0.05, 0) is 12.8 Å². The number of rotatable bonds is 3. The lowest BCUT2D eigenvalue weighted by Gasteiger charge is -2.02. The normalized spacial score (nSPS) is 14.4. The number of thiazole rings is 1. The van der Waals surface area contributed by atoms with E-state index < -0.39 is 0 Å². The second-order valence-electron chi connectivity index (χ2n) is 3.72. The van der Waals surface area contributed by atoms with Crippen LogP contribution in [0.4, 0.5) is 9.93 Å². The van der Waals surface area contributed by atoms with Gasteiger partial charge in [-0.1, -0.05) is 11.3 Å². The number of carbonyl (C=O) groups is 2. The summed E-state index contributed by atoms with van der Waals surface area (Å²) in [5.74, 6) is 0.235. The molecule has 0 saturated carbocycles. The van der Waals surface area contributed by atoms with Crippen LogP contribution >= 0.6 is 22.9 Å². The monoisotopic (exact) mass is 288 g/mol. The number of hydrogen-bond acceptors (Lipinski definition) is 4. The summed E-state index contributed by atoms with van der Waals surface area (Å²) in [5.41, 5.74) is 0.752. The fraction of sp³-hybridized carbons (Fsp3) is 0.500. The van der Waals surface area contributed by atoms with Crippen LogP contribution in [0.3, 0.4) is 0 Å². The van der Waals surface area contributed by atoms with Gasteiger partial charge in [0.15, 0.2) is 5.13 Å². The summed E-state index contributed by atoms with van der Waals surface area (Å²) in [6.07, 6.45) is 1.61. The molecule has 3 N–H and O–H groups in total. The minimum Gasteiger partial charge on any atom is -0.351 e. The molecule has 0 aliphatic carbocycles. The van der Waals surface area contributed by atoms with E-state index >= 15 is 0 Å². The second-order valence-corrected chi connectivity index (χ2v) is 5.10. The molecule has 0 atom stereocenters. The Hall–Kier alpha value is -1.34. The van der Waals surface area contributed by atoms with Crippen LogP contribution in [-0.2, 0) is 6.42 Å². The zero-order chi connectivity index (χ0) is 13.0. The molecule has 0 radical (unpaired) electrons. The SMILES string of the molecule is O=C(NCCCl)Nc1nc2c(s1)C(=O)NCCC2. The molecule has 18 heavy (non-hydrogen) atoms. The molecule has 0 bridgehead atoms. The van der Waals surface area contributed by atoms with Gasteiger partial charge in [-0.2, -0.15) is 0 Å². The van der Waals surface area contributed by atoms with Crippen LogP contribution in [0.2, 0.25) is 0 Å². The average molecular weight is 289 g/mol. The van der Waals surface area contributed by atoms with E-state index in [9.17, 15) is 9.59 Å². The van der Waals surface area contributed by atoms with Crippen molar-refractivity contribution in [1.82, 2.24) is 15.6 Å². The van der Waals surface area contributed by atoms with E-state index in [4.69, 9.17) is 11.6 Å². The number of hydrogen-bond donors (Lipinski definition) is 3. The smallest absolute Gasteiger partial charge is 0.321 e. The zero-order valence-corrected chi connectivity index (χ0v) is 11.2. The van der Waals surface area contributed by atoms with Gasteiger partial charge in [0.25, 0.3) is 5.91 Å². The van der Waals surface area contributed by atoms with E-state index in [1.54, 1.807) is 0 Å². The summed E-state index contributed by atoms with van der Waals surface area (Å²) in [7, 11) is 0. The predicted octanol–water partition coefficient (Wildman–Crippen LogP) is 1.18. The lowest BCUT2D eigenvalue weighted by Crippen LogP contribution is -2.30. The quantitative estimate of drug-likeness (QED) is 0.730. The standard InChI is InChI=1S/C10H13ClN4O2S/c11-3-5-13-9(17)15-10-14-6-2-1-4-12-8(16)7(6)18-10/h1-5H2,(H,12,16)(H2,13,14,15,17). The van der Waals surface area contributed by atoms with Gasteiger partial charge in [-0.25, -0.2) is 9.78 Å². The Morgan fingerprint density at radius 1 is 1.56 bits per heavy atom. The van der Waals surface area contributed by atoms with Crippen molar-refractivity contribution in [2.75, 3.05) is 24.3 Å². The number of urea groups is 1. The number of nitrogens with zero attached hydrogens (tertiary/aromatic N) is 1. The first-order valence-electron chi connectivity index (χ1n) is 5.59. The maximum absolute atomic E-state index is 11.7. The number of halogens is 1. The number of aromatic nitrogens is 1. The molecule has 1 aliphatic rings. The van der Waals surface area contributed by atoms with Crippen molar-refractivity contribution in [2.24, 2.45) is 0 Å². The first-order chi connectivity index (χ1) is 8.70. The number of fused-ring (bicyclic) bond motifs is 1. The predicted molar refractivity (Wildman–Crippen MR) is 70.5 cm³/mol. The zero-order valence-electron chi connectivity index (χ0n) is 9.59. The van der Waals surface area contributed by atoms with E-state index in [1.807, 2.05) is 0 Å². The highest BCUT2D eigenvalue weighted by Gasteiger charge is 2.20. The Morgan fingerprint density at radius 2 is 2.39 bits per heavy atom. The van der Waals surface area contributed by atoms with Gasteiger partial charge in [-0.3, -0.25) is 10.1 Å².